The minimum absolute atomic E-state index is 0.103. The number of nitrogens with zero attached hydrogens (tertiary/aromatic N) is 2. The van der Waals surface area contributed by atoms with Gasteiger partial charge >= 0.3 is 5.76 Å². The van der Waals surface area contributed by atoms with Crippen LogP contribution in [0, 0.1) is 17.2 Å². The Morgan fingerprint density at radius 1 is 1.61 bits per heavy atom. The summed E-state index contributed by atoms with van der Waals surface area (Å²) in [7, 11) is 1.85. The average molecular weight is 246 g/mol. The predicted octanol–water partition coefficient (Wildman–Crippen LogP) is 1.30. The number of nitrogens with two attached hydrogens (primary N) is 1. The summed E-state index contributed by atoms with van der Waals surface area (Å²) in [5.41, 5.74) is 8.22. The molecule has 0 saturated carbocycles. The molecular weight excluding hydrogens is 232 g/mol. The molecule has 0 amide bonds. The highest BCUT2D eigenvalue weighted by molar-refractivity contribution is 5.85. The summed E-state index contributed by atoms with van der Waals surface area (Å²) in [6, 6.07) is 5.52. The van der Waals surface area contributed by atoms with E-state index in [0.717, 1.165) is 5.69 Å². The first-order chi connectivity index (χ1) is 8.51. The van der Waals surface area contributed by atoms with Crippen LogP contribution in [0.1, 0.15) is 6.92 Å². The zero-order chi connectivity index (χ0) is 13.3. The number of fused-ring (bicyclic) bond motifs is 1. The summed E-state index contributed by atoms with van der Waals surface area (Å²) >= 11 is 0. The van der Waals surface area contributed by atoms with Crippen LogP contribution in [0.4, 0.5) is 11.4 Å². The molecular formula is C12H14N4O2. The molecule has 2 aromatic rings. The van der Waals surface area contributed by atoms with Gasteiger partial charge < -0.3 is 15.1 Å². The van der Waals surface area contributed by atoms with Crippen molar-refractivity contribution in [2.45, 2.75) is 6.92 Å². The third-order valence-electron chi connectivity index (χ3n) is 2.75. The Hall–Kier alpha value is -2.42. The van der Waals surface area contributed by atoms with Gasteiger partial charge in [0, 0.05) is 19.7 Å². The molecule has 0 bridgehead atoms. The summed E-state index contributed by atoms with van der Waals surface area (Å²) in [5, 5.41) is 8.80. The van der Waals surface area contributed by atoms with E-state index in [1.807, 2.05) is 18.9 Å². The molecule has 0 spiro atoms. The maximum atomic E-state index is 11.1. The minimum atomic E-state index is -0.505. The zero-order valence-electron chi connectivity index (χ0n) is 10.2. The second kappa shape index (κ2) is 4.45. The molecule has 1 heterocycles. The highest BCUT2D eigenvalue weighted by atomic mass is 16.4. The standard InChI is InChI=1S/C12H14N4O2/c1-7(5-13)6-16(2)10-4-9-11(3-8(10)14)18-12(17)15-9/h3-4,7H,6,14H2,1-2H3,(H,15,17). The van der Waals surface area contributed by atoms with Crippen LogP contribution in [0.15, 0.2) is 21.3 Å². The van der Waals surface area contributed by atoms with E-state index in [1.54, 1.807) is 12.1 Å². The number of oxazole rings is 1. The summed E-state index contributed by atoms with van der Waals surface area (Å²) in [4.78, 5) is 15.5. The van der Waals surface area contributed by atoms with Crippen molar-refractivity contribution in [3.63, 3.8) is 0 Å². The van der Waals surface area contributed by atoms with Crippen molar-refractivity contribution in [1.82, 2.24) is 4.98 Å². The van der Waals surface area contributed by atoms with Crippen molar-refractivity contribution >= 4 is 22.5 Å². The molecule has 0 aliphatic rings. The lowest BCUT2D eigenvalue weighted by atomic mass is 10.1. The Morgan fingerprint density at radius 2 is 2.33 bits per heavy atom. The van der Waals surface area contributed by atoms with Crippen molar-refractivity contribution in [1.29, 1.82) is 5.26 Å². The molecule has 1 atom stereocenters. The number of aromatic nitrogens is 1. The second-order valence-corrected chi connectivity index (χ2v) is 4.33. The summed E-state index contributed by atoms with van der Waals surface area (Å²) in [5.74, 6) is -0.608. The number of nitrogens with one attached hydrogen (secondary N) is 1. The number of aromatic amines is 1. The molecule has 0 fully saturated rings. The molecule has 6 nitrogen and oxygen atoms in total. The molecule has 0 aliphatic carbocycles. The van der Waals surface area contributed by atoms with Crippen LogP contribution in [-0.4, -0.2) is 18.6 Å². The number of rotatable bonds is 3. The lowest BCUT2D eigenvalue weighted by Gasteiger charge is -2.21. The molecule has 18 heavy (non-hydrogen) atoms. The van der Waals surface area contributed by atoms with Crippen LogP contribution in [0.3, 0.4) is 0 Å². The summed E-state index contributed by atoms with van der Waals surface area (Å²) < 4.78 is 4.92. The number of benzene rings is 1. The Morgan fingerprint density at radius 3 is 3.00 bits per heavy atom. The van der Waals surface area contributed by atoms with Crippen LogP contribution in [0.5, 0.6) is 0 Å². The van der Waals surface area contributed by atoms with Crippen molar-refractivity contribution in [2.24, 2.45) is 5.92 Å². The maximum absolute atomic E-state index is 11.1. The van der Waals surface area contributed by atoms with Crippen molar-refractivity contribution in [3.05, 3.63) is 22.7 Å². The Kier molecular flexibility index (Phi) is 2.98. The molecule has 6 heteroatoms. The minimum Gasteiger partial charge on any atom is -0.408 e. The fourth-order valence-corrected chi connectivity index (χ4v) is 1.88. The molecule has 1 aromatic carbocycles. The lowest BCUT2D eigenvalue weighted by Crippen LogP contribution is -2.24. The molecule has 0 radical (unpaired) electrons. The van der Waals surface area contributed by atoms with Crippen molar-refractivity contribution in [2.75, 3.05) is 24.2 Å². The number of nitrogen functional groups attached to an aromatic ring is 1. The van der Waals surface area contributed by atoms with E-state index in [-0.39, 0.29) is 5.92 Å². The van der Waals surface area contributed by atoms with E-state index in [4.69, 9.17) is 15.4 Å². The van der Waals surface area contributed by atoms with Gasteiger partial charge in [0.1, 0.15) is 0 Å². The van der Waals surface area contributed by atoms with Gasteiger partial charge in [0.2, 0.25) is 0 Å². The maximum Gasteiger partial charge on any atom is 0.417 e. The molecule has 1 unspecified atom stereocenters. The third kappa shape index (κ3) is 2.15. The Labute approximate surface area is 104 Å². The van der Waals surface area contributed by atoms with Gasteiger partial charge in [0.05, 0.1) is 28.9 Å². The van der Waals surface area contributed by atoms with Crippen LogP contribution in [-0.2, 0) is 0 Å². The normalized spacial score (nSPS) is 12.3. The van der Waals surface area contributed by atoms with Crippen LogP contribution in [0.2, 0.25) is 0 Å². The lowest BCUT2D eigenvalue weighted by molar-refractivity contribution is 0.555. The van der Waals surface area contributed by atoms with E-state index in [9.17, 15) is 4.79 Å². The smallest absolute Gasteiger partial charge is 0.408 e. The number of nitriles is 1. The second-order valence-electron chi connectivity index (χ2n) is 4.33. The molecule has 0 saturated heterocycles. The van der Waals surface area contributed by atoms with Crippen LogP contribution in [0.25, 0.3) is 11.1 Å². The van der Waals surface area contributed by atoms with Gasteiger partial charge in [0.25, 0.3) is 0 Å². The van der Waals surface area contributed by atoms with Crippen molar-refractivity contribution < 1.29 is 4.42 Å². The average Bonchev–Trinajstić information content (AvgIpc) is 2.66. The quantitative estimate of drug-likeness (QED) is 0.795. The van der Waals surface area contributed by atoms with Gasteiger partial charge in [-0.2, -0.15) is 5.26 Å². The Bertz CT molecular complexity index is 665. The SMILES string of the molecule is CC(C#N)CN(C)c1cc2[nH]c(=O)oc2cc1N. The van der Waals surface area contributed by atoms with E-state index in [1.165, 1.54) is 0 Å². The molecule has 3 N–H and O–H groups in total. The van der Waals surface area contributed by atoms with Gasteiger partial charge in [-0.25, -0.2) is 4.79 Å². The van der Waals surface area contributed by atoms with Crippen LogP contribution >= 0.6 is 0 Å². The van der Waals surface area contributed by atoms with Gasteiger partial charge in [-0.3, -0.25) is 4.98 Å². The fraction of sp³-hybridized carbons (Fsp3) is 0.333. The number of H-pyrrole nitrogens is 1. The highest BCUT2D eigenvalue weighted by Gasteiger charge is 2.12. The molecule has 1 aromatic heterocycles. The van der Waals surface area contributed by atoms with E-state index >= 15 is 0 Å². The molecule has 94 valence electrons. The largest absolute Gasteiger partial charge is 0.417 e. The fourth-order valence-electron chi connectivity index (χ4n) is 1.88. The molecule has 2 rings (SSSR count). The topological polar surface area (TPSA) is 99.0 Å². The number of hydrogen-bond acceptors (Lipinski definition) is 5. The van der Waals surface area contributed by atoms with Crippen molar-refractivity contribution in [3.8, 4) is 6.07 Å². The number of hydrogen-bond donors (Lipinski definition) is 2. The number of anilines is 2. The van der Waals surface area contributed by atoms with E-state index < -0.39 is 5.76 Å². The first-order valence-corrected chi connectivity index (χ1v) is 5.54. The summed E-state index contributed by atoms with van der Waals surface area (Å²) in [6.45, 7) is 2.40. The highest BCUT2D eigenvalue weighted by Crippen LogP contribution is 2.27. The predicted molar refractivity (Wildman–Crippen MR) is 69.3 cm³/mol. The Balaban J connectivity index is 2.41. The summed E-state index contributed by atoms with van der Waals surface area (Å²) in [6.07, 6.45) is 0. The first-order valence-electron chi connectivity index (χ1n) is 5.54. The zero-order valence-corrected chi connectivity index (χ0v) is 10.2. The first kappa shape index (κ1) is 12.0. The van der Waals surface area contributed by atoms with Gasteiger partial charge in [0.15, 0.2) is 5.58 Å². The molecule has 0 aliphatic heterocycles. The van der Waals surface area contributed by atoms with Crippen LogP contribution < -0.4 is 16.4 Å². The monoisotopic (exact) mass is 246 g/mol. The van der Waals surface area contributed by atoms with Gasteiger partial charge in [-0.1, -0.05) is 0 Å². The van der Waals surface area contributed by atoms with E-state index in [0.29, 0.717) is 23.3 Å². The van der Waals surface area contributed by atoms with Gasteiger partial charge in [-0.15, -0.1) is 0 Å². The van der Waals surface area contributed by atoms with E-state index in [2.05, 4.69) is 11.1 Å². The third-order valence-corrected chi connectivity index (χ3v) is 2.75. The van der Waals surface area contributed by atoms with Gasteiger partial charge in [-0.05, 0) is 13.0 Å².